The van der Waals surface area contributed by atoms with Crippen LogP contribution < -0.4 is 14.8 Å². The zero-order valence-electron chi connectivity index (χ0n) is 13.1. The second kappa shape index (κ2) is 7.02. The number of rotatable bonds is 6. The summed E-state index contributed by atoms with van der Waals surface area (Å²) in [6.07, 6.45) is 0. The lowest BCUT2D eigenvalue weighted by atomic mass is 10.0. The van der Waals surface area contributed by atoms with E-state index >= 15 is 0 Å². The maximum atomic E-state index is 5.44. The first kappa shape index (κ1) is 15.2. The predicted octanol–water partition coefficient (Wildman–Crippen LogP) is 4.44. The monoisotopic (exact) mass is 285 g/mol. The lowest BCUT2D eigenvalue weighted by molar-refractivity contribution is 0.352. The number of para-hydroxylation sites is 1. The molecule has 0 aliphatic rings. The van der Waals surface area contributed by atoms with Crippen LogP contribution in [-0.2, 0) is 6.54 Å². The topological polar surface area (TPSA) is 30.5 Å². The maximum Gasteiger partial charge on any atom is 0.165 e. The van der Waals surface area contributed by atoms with E-state index in [1.165, 1.54) is 5.56 Å². The Hall–Kier alpha value is -2.16. The Labute approximate surface area is 126 Å². The Bertz CT molecular complexity index is 576. The first-order valence-electron chi connectivity index (χ1n) is 7.19. The van der Waals surface area contributed by atoms with Gasteiger partial charge in [0.05, 0.1) is 14.2 Å². The van der Waals surface area contributed by atoms with E-state index in [9.17, 15) is 0 Å². The number of nitrogens with one attached hydrogen (secondary N) is 1. The molecule has 0 aliphatic heterocycles. The molecule has 0 unspecified atom stereocenters. The molecule has 0 aromatic heterocycles. The summed E-state index contributed by atoms with van der Waals surface area (Å²) >= 11 is 0. The van der Waals surface area contributed by atoms with Crippen molar-refractivity contribution in [1.29, 1.82) is 0 Å². The molecule has 0 amide bonds. The number of hydrogen-bond acceptors (Lipinski definition) is 3. The number of anilines is 1. The summed E-state index contributed by atoms with van der Waals surface area (Å²) in [6.45, 7) is 5.09. The average Bonchev–Trinajstić information content (AvgIpc) is 2.52. The van der Waals surface area contributed by atoms with Crippen LogP contribution in [0.1, 0.15) is 30.9 Å². The molecule has 0 bridgehead atoms. The van der Waals surface area contributed by atoms with Crippen LogP contribution >= 0.6 is 0 Å². The highest BCUT2D eigenvalue weighted by Crippen LogP contribution is 2.31. The number of hydrogen-bond donors (Lipinski definition) is 1. The predicted molar refractivity (Wildman–Crippen MR) is 87.4 cm³/mol. The van der Waals surface area contributed by atoms with E-state index in [2.05, 4.69) is 43.4 Å². The third kappa shape index (κ3) is 3.69. The Kier molecular flexibility index (Phi) is 5.09. The minimum atomic E-state index is 0.553. The van der Waals surface area contributed by atoms with Gasteiger partial charge in [-0.25, -0.2) is 0 Å². The van der Waals surface area contributed by atoms with Crippen LogP contribution in [0.5, 0.6) is 11.5 Å². The minimum absolute atomic E-state index is 0.553. The second-order valence-corrected chi connectivity index (χ2v) is 5.28. The fraction of sp³-hybridized carbons (Fsp3) is 0.333. The van der Waals surface area contributed by atoms with Crippen molar-refractivity contribution in [2.45, 2.75) is 26.3 Å². The Morgan fingerprint density at radius 2 is 1.67 bits per heavy atom. The van der Waals surface area contributed by atoms with Gasteiger partial charge in [-0.2, -0.15) is 0 Å². The van der Waals surface area contributed by atoms with E-state index in [1.807, 2.05) is 18.2 Å². The van der Waals surface area contributed by atoms with Crippen LogP contribution in [0, 0.1) is 0 Å². The molecule has 2 aromatic rings. The van der Waals surface area contributed by atoms with Crippen molar-refractivity contribution in [1.82, 2.24) is 0 Å². The molecule has 112 valence electrons. The molecular weight excluding hydrogens is 262 g/mol. The van der Waals surface area contributed by atoms with Gasteiger partial charge < -0.3 is 14.8 Å². The van der Waals surface area contributed by atoms with Crippen LogP contribution in [0.3, 0.4) is 0 Å². The molecule has 0 heterocycles. The molecule has 0 aliphatic carbocycles. The molecule has 0 radical (unpaired) electrons. The van der Waals surface area contributed by atoms with Gasteiger partial charge in [0.2, 0.25) is 0 Å². The van der Waals surface area contributed by atoms with Gasteiger partial charge in [-0.1, -0.05) is 38.1 Å². The number of ether oxygens (including phenoxy) is 2. The molecule has 1 N–H and O–H groups in total. The van der Waals surface area contributed by atoms with Crippen LogP contribution in [0.15, 0.2) is 42.5 Å². The van der Waals surface area contributed by atoms with Gasteiger partial charge in [-0.15, -0.1) is 0 Å². The van der Waals surface area contributed by atoms with E-state index in [0.717, 1.165) is 22.7 Å². The molecule has 0 atom stereocenters. The third-order valence-electron chi connectivity index (χ3n) is 3.54. The van der Waals surface area contributed by atoms with Gasteiger partial charge in [0.1, 0.15) is 0 Å². The molecule has 0 saturated carbocycles. The molecule has 0 fully saturated rings. The summed E-state index contributed by atoms with van der Waals surface area (Å²) in [5.74, 6) is 2.09. The van der Waals surface area contributed by atoms with Gasteiger partial charge in [-0.3, -0.25) is 0 Å². The summed E-state index contributed by atoms with van der Waals surface area (Å²) in [5.41, 5.74) is 3.52. The highest BCUT2D eigenvalue weighted by Gasteiger charge is 2.09. The van der Waals surface area contributed by atoms with Gasteiger partial charge >= 0.3 is 0 Å². The van der Waals surface area contributed by atoms with E-state index in [4.69, 9.17) is 9.47 Å². The smallest absolute Gasteiger partial charge is 0.165 e. The van der Waals surface area contributed by atoms with E-state index in [0.29, 0.717) is 12.5 Å². The van der Waals surface area contributed by atoms with Gasteiger partial charge in [0, 0.05) is 17.8 Å². The van der Waals surface area contributed by atoms with Crippen molar-refractivity contribution in [2.24, 2.45) is 0 Å². The first-order valence-corrected chi connectivity index (χ1v) is 7.19. The third-order valence-corrected chi connectivity index (χ3v) is 3.54. The molecule has 21 heavy (non-hydrogen) atoms. The second-order valence-electron chi connectivity index (χ2n) is 5.28. The number of methoxy groups -OCH3 is 2. The van der Waals surface area contributed by atoms with Crippen LogP contribution in [0.4, 0.5) is 5.69 Å². The van der Waals surface area contributed by atoms with E-state index < -0.39 is 0 Å². The maximum absolute atomic E-state index is 5.44. The van der Waals surface area contributed by atoms with Crippen molar-refractivity contribution >= 4 is 5.69 Å². The largest absolute Gasteiger partial charge is 0.493 e. The Morgan fingerprint density at radius 1 is 0.952 bits per heavy atom. The summed E-state index contributed by atoms with van der Waals surface area (Å²) in [4.78, 5) is 0. The summed E-state index contributed by atoms with van der Waals surface area (Å²) in [5, 5.41) is 3.42. The first-order chi connectivity index (χ1) is 10.2. The molecule has 3 nitrogen and oxygen atoms in total. The minimum Gasteiger partial charge on any atom is -0.493 e. The fourth-order valence-corrected chi connectivity index (χ4v) is 2.28. The lowest BCUT2D eigenvalue weighted by Crippen LogP contribution is -2.03. The van der Waals surface area contributed by atoms with Crippen LogP contribution in [0.2, 0.25) is 0 Å². The SMILES string of the molecule is COc1cccc(CNc2ccc(C(C)C)cc2)c1OC. The summed E-state index contributed by atoms with van der Waals surface area (Å²) in [6, 6.07) is 14.5. The van der Waals surface area contributed by atoms with Gasteiger partial charge in [0.25, 0.3) is 0 Å². The van der Waals surface area contributed by atoms with Crippen molar-refractivity contribution in [3.63, 3.8) is 0 Å². The quantitative estimate of drug-likeness (QED) is 0.851. The molecule has 0 spiro atoms. The Morgan fingerprint density at radius 3 is 2.24 bits per heavy atom. The van der Waals surface area contributed by atoms with Gasteiger partial charge in [0.15, 0.2) is 11.5 Å². The molecule has 2 aromatic carbocycles. The summed E-state index contributed by atoms with van der Waals surface area (Å²) < 4.78 is 10.8. The van der Waals surface area contributed by atoms with E-state index in [-0.39, 0.29) is 0 Å². The van der Waals surface area contributed by atoms with Crippen molar-refractivity contribution in [2.75, 3.05) is 19.5 Å². The van der Waals surface area contributed by atoms with Crippen molar-refractivity contribution < 1.29 is 9.47 Å². The molecular formula is C18H23NO2. The van der Waals surface area contributed by atoms with Crippen molar-refractivity contribution in [3.05, 3.63) is 53.6 Å². The van der Waals surface area contributed by atoms with Crippen molar-refractivity contribution in [3.8, 4) is 11.5 Å². The standard InChI is InChI=1S/C18H23NO2/c1-13(2)14-8-10-16(11-9-14)19-12-15-6-5-7-17(20-3)18(15)21-4/h5-11,13,19H,12H2,1-4H3. The number of benzene rings is 2. The highest BCUT2D eigenvalue weighted by molar-refractivity contribution is 5.50. The Balaban J connectivity index is 2.09. The zero-order valence-corrected chi connectivity index (χ0v) is 13.1. The lowest BCUT2D eigenvalue weighted by Gasteiger charge is -2.14. The molecule has 2 rings (SSSR count). The van der Waals surface area contributed by atoms with E-state index in [1.54, 1.807) is 14.2 Å². The average molecular weight is 285 g/mol. The van der Waals surface area contributed by atoms with Gasteiger partial charge in [-0.05, 0) is 29.7 Å². The molecule has 0 saturated heterocycles. The fourth-order valence-electron chi connectivity index (χ4n) is 2.28. The summed E-state index contributed by atoms with van der Waals surface area (Å²) in [7, 11) is 3.32. The van der Waals surface area contributed by atoms with Crippen LogP contribution in [0.25, 0.3) is 0 Å². The van der Waals surface area contributed by atoms with Crippen LogP contribution in [-0.4, -0.2) is 14.2 Å². The highest BCUT2D eigenvalue weighted by atomic mass is 16.5. The molecule has 3 heteroatoms. The zero-order chi connectivity index (χ0) is 15.2. The normalized spacial score (nSPS) is 10.5.